The Kier molecular flexibility index (Phi) is 4.43. The summed E-state index contributed by atoms with van der Waals surface area (Å²) in [6, 6.07) is 1.99. The molecule has 1 unspecified atom stereocenters. The van der Waals surface area contributed by atoms with E-state index in [1.165, 1.54) is 13.8 Å². The van der Waals surface area contributed by atoms with Gasteiger partial charge < -0.3 is 10.8 Å². The summed E-state index contributed by atoms with van der Waals surface area (Å²) >= 11 is 0. The molecule has 1 atom stereocenters. The maximum Gasteiger partial charge on any atom is 0.416 e. The number of hydrogen-bond donors (Lipinski definition) is 2. The van der Waals surface area contributed by atoms with Gasteiger partial charge in [0.25, 0.3) is 0 Å². The molecule has 7 heteroatoms. The van der Waals surface area contributed by atoms with Crippen molar-refractivity contribution in [3.8, 4) is 0 Å². The number of halogens is 4. The fourth-order valence-corrected chi connectivity index (χ4v) is 1.96. The van der Waals surface area contributed by atoms with Crippen molar-refractivity contribution in [3.05, 3.63) is 35.1 Å². The number of carboxylic acid groups (broad SMARTS) is 1. The van der Waals surface area contributed by atoms with Gasteiger partial charge in [0.05, 0.1) is 12.0 Å². The molecule has 20 heavy (non-hydrogen) atoms. The van der Waals surface area contributed by atoms with E-state index in [0.717, 1.165) is 12.1 Å². The molecule has 0 amide bonds. The van der Waals surface area contributed by atoms with Crippen LogP contribution >= 0.6 is 0 Å². The Balaban J connectivity index is 3.34. The Morgan fingerprint density at radius 3 is 2.25 bits per heavy atom. The van der Waals surface area contributed by atoms with Crippen molar-refractivity contribution in [1.29, 1.82) is 0 Å². The van der Waals surface area contributed by atoms with E-state index in [1.807, 2.05) is 0 Å². The highest BCUT2D eigenvalue weighted by Crippen LogP contribution is 2.35. The lowest BCUT2D eigenvalue weighted by molar-refractivity contribution is -0.138. The molecule has 0 saturated heterocycles. The van der Waals surface area contributed by atoms with E-state index in [2.05, 4.69) is 0 Å². The fraction of sp³-hybridized carbons (Fsp3) is 0.462. The lowest BCUT2D eigenvalue weighted by Gasteiger charge is -2.30. The van der Waals surface area contributed by atoms with Crippen LogP contribution in [0.1, 0.15) is 37.3 Å². The van der Waals surface area contributed by atoms with Gasteiger partial charge in [0.2, 0.25) is 0 Å². The quantitative estimate of drug-likeness (QED) is 0.838. The SMILES string of the molecule is CC(C)(N)C(CC(=O)O)c1cc(F)cc(C(F)(F)F)c1. The number of hydrogen-bond acceptors (Lipinski definition) is 2. The molecule has 0 radical (unpaired) electrons. The van der Waals surface area contributed by atoms with Crippen molar-refractivity contribution in [3.63, 3.8) is 0 Å². The summed E-state index contributed by atoms with van der Waals surface area (Å²) in [5.74, 6) is -3.22. The first-order valence-electron chi connectivity index (χ1n) is 5.79. The summed E-state index contributed by atoms with van der Waals surface area (Å²) in [5, 5.41) is 8.84. The summed E-state index contributed by atoms with van der Waals surface area (Å²) in [6.45, 7) is 2.97. The van der Waals surface area contributed by atoms with Crippen LogP contribution in [0.3, 0.4) is 0 Å². The van der Waals surface area contributed by atoms with Crippen LogP contribution in [0.5, 0.6) is 0 Å². The summed E-state index contributed by atoms with van der Waals surface area (Å²) in [4.78, 5) is 10.8. The zero-order valence-corrected chi connectivity index (χ0v) is 11.0. The average Bonchev–Trinajstić information content (AvgIpc) is 2.22. The van der Waals surface area contributed by atoms with Gasteiger partial charge >= 0.3 is 12.1 Å². The van der Waals surface area contributed by atoms with Crippen LogP contribution in [0, 0.1) is 5.82 Å². The minimum atomic E-state index is -4.70. The molecule has 0 aliphatic rings. The van der Waals surface area contributed by atoms with Gasteiger partial charge in [-0.3, -0.25) is 4.79 Å². The predicted octanol–water partition coefficient (Wildman–Crippen LogP) is 3.14. The molecule has 0 aliphatic carbocycles. The summed E-state index contributed by atoms with van der Waals surface area (Å²) in [6.07, 6.45) is -5.19. The minimum absolute atomic E-state index is 0.0766. The maximum absolute atomic E-state index is 13.4. The van der Waals surface area contributed by atoms with Crippen molar-refractivity contribution in [2.24, 2.45) is 5.73 Å². The third-order valence-electron chi connectivity index (χ3n) is 2.93. The molecule has 0 spiro atoms. The molecule has 0 aliphatic heterocycles. The van der Waals surface area contributed by atoms with E-state index < -0.39 is 41.4 Å². The maximum atomic E-state index is 13.4. The predicted molar refractivity (Wildman–Crippen MR) is 64.7 cm³/mol. The number of rotatable bonds is 4. The smallest absolute Gasteiger partial charge is 0.416 e. The summed E-state index contributed by atoms with van der Waals surface area (Å²) < 4.78 is 51.3. The fourth-order valence-electron chi connectivity index (χ4n) is 1.96. The van der Waals surface area contributed by atoms with Crippen LogP contribution in [-0.2, 0) is 11.0 Å². The first-order chi connectivity index (χ1) is 8.91. The van der Waals surface area contributed by atoms with Crippen molar-refractivity contribution >= 4 is 5.97 Å². The van der Waals surface area contributed by atoms with E-state index in [9.17, 15) is 22.4 Å². The number of alkyl halides is 3. The third kappa shape index (κ3) is 4.19. The van der Waals surface area contributed by atoms with Crippen molar-refractivity contribution in [1.82, 2.24) is 0 Å². The van der Waals surface area contributed by atoms with Gasteiger partial charge in [-0.25, -0.2) is 4.39 Å². The van der Waals surface area contributed by atoms with Crippen LogP contribution in [0.25, 0.3) is 0 Å². The Morgan fingerprint density at radius 1 is 1.30 bits per heavy atom. The highest BCUT2D eigenvalue weighted by Gasteiger charge is 2.34. The average molecular weight is 293 g/mol. The van der Waals surface area contributed by atoms with Gasteiger partial charge in [0.15, 0.2) is 0 Å². The molecule has 1 aromatic rings. The van der Waals surface area contributed by atoms with E-state index in [0.29, 0.717) is 6.07 Å². The van der Waals surface area contributed by atoms with E-state index in [-0.39, 0.29) is 5.56 Å². The Morgan fingerprint density at radius 2 is 1.85 bits per heavy atom. The molecule has 1 aromatic carbocycles. The largest absolute Gasteiger partial charge is 0.481 e. The number of aliphatic carboxylic acids is 1. The first kappa shape index (κ1) is 16.4. The second-order valence-corrected chi connectivity index (χ2v) is 5.24. The van der Waals surface area contributed by atoms with Gasteiger partial charge in [-0.05, 0) is 37.6 Å². The van der Waals surface area contributed by atoms with E-state index in [1.54, 1.807) is 0 Å². The number of carboxylic acids is 1. The van der Waals surface area contributed by atoms with Gasteiger partial charge in [0, 0.05) is 11.5 Å². The lowest BCUT2D eigenvalue weighted by atomic mass is 9.80. The molecule has 0 fully saturated rings. The van der Waals surface area contributed by atoms with Crippen molar-refractivity contribution < 1.29 is 27.5 Å². The van der Waals surface area contributed by atoms with Gasteiger partial charge in [0.1, 0.15) is 5.82 Å². The number of carbonyl (C=O) groups is 1. The second-order valence-electron chi connectivity index (χ2n) is 5.24. The van der Waals surface area contributed by atoms with Gasteiger partial charge in [-0.15, -0.1) is 0 Å². The molecule has 3 nitrogen and oxygen atoms in total. The normalized spacial score (nSPS) is 14.2. The molecular weight excluding hydrogens is 278 g/mol. The van der Waals surface area contributed by atoms with Gasteiger partial charge in [-0.2, -0.15) is 13.2 Å². The molecule has 0 bridgehead atoms. The highest BCUT2D eigenvalue weighted by atomic mass is 19.4. The zero-order chi connectivity index (χ0) is 15.7. The highest BCUT2D eigenvalue weighted by molar-refractivity contribution is 5.68. The number of nitrogens with two attached hydrogens (primary N) is 1. The van der Waals surface area contributed by atoms with Crippen molar-refractivity contribution in [2.75, 3.05) is 0 Å². The van der Waals surface area contributed by atoms with Crippen LogP contribution in [0.4, 0.5) is 17.6 Å². The Labute approximate surface area is 113 Å². The molecule has 3 N–H and O–H groups in total. The second kappa shape index (κ2) is 5.40. The van der Waals surface area contributed by atoms with E-state index >= 15 is 0 Å². The van der Waals surface area contributed by atoms with Crippen LogP contribution in [-0.4, -0.2) is 16.6 Å². The monoisotopic (exact) mass is 293 g/mol. The standard InChI is InChI=1S/C13H15F4NO2/c1-12(2,18)10(6-11(19)20)7-3-8(13(15,16)17)5-9(14)4-7/h3-5,10H,6,18H2,1-2H3,(H,19,20). The summed E-state index contributed by atoms with van der Waals surface area (Å²) in [5.41, 5.74) is 3.46. The molecule has 0 saturated carbocycles. The van der Waals surface area contributed by atoms with Gasteiger partial charge in [-0.1, -0.05) is 0 Å². The molecular formula is C13H15F4NO2. The van der Waals surface area contributed by atoms with E-state index in [4.69, 9.17) is 10.8 Å². The number of benzene rings is 1. The molecule has 112 valence electrons. The minimum Gasteiger partial charge on any atom is -0.481 e. The Bertz CT molecular complexity index is 506. The Hall–Kier alpha value is -1.63. The van der Waals surface area contributed by atoms with Crippen LogP contribution in [0.2, 0.25) is 0 Å². The third-order valence-corrected chi connectivity index (χ3v) is 2.93. The molecule has 1 rings (SSSR count). The zero-order valence-electron chi connectivity index (χ0n) is 11.0. The van der Waals surface area contributed by atoms with Crippen LogP contribution in [0.15, 0.2) is 18.2 Å². The molecule has 0 heterocycles. The van der Waals surface area contributed by atoms with Crippen molar-refractivity contribution in [2.45, 2.75) is 37.9 Å². The lowest BCUT2D eigenvalue weighted by Crippen LogP contribution is -2.40. The van der Waals surface area contributed by atoms with Crippen LogP contribution < -0.4 is 5.73 Å². The first-order valence-corrected chi connectivity index (χ1v) is 5.79. The topological polar surface area (TPSA) is 63.3 Å². The summed E-state index contributed by atoms with van der Waals surface area (Å²) in [7, 11) is 0. The molecule has 0 aromatic heterocycles.